The second kappa shape index (κ2) is 17.6. The van der Waals surface area contributed by atoms with Gasteiger partial charge in [0, 0.05) is 33.6 Å². The SMILES string of the molecule is C/C(=N\NC(=N)N)c1cc(NC(=O)c2cccc(C(=O)Nc3cc(/C(C)=N/NC(=N)N)cc(/C(C)=N/NC(=N)N)c3)n2)cc(/C(C)=N/NC(=N)N)c1. The molecular weight excluding hydrogens is 670 g/mol. The molecule has 2 aromatic carbocycles. The Morgan fingerprint density at radius 2 is 0.788 bits per heavy atom. The molecule has 0 spiro atoms. The number of carbonyl (C=O) groups is 2. The van der Waals surface area contributed by atoms with E-state index in [1.165, 1.54) is 18.2 Å². The molecule has 0 radical (unpaired) electrons. The summed E-state index contributed by atoms with van der Waals surface area (Å²) in [6.07, 6.45) is 0. The number of amides is 2. The summed E-state index contributed by atoms with van der Waals surface area (Å²) in [6, 6.07) is 14.3. The predicted octanol–water partition coefficient (Wildman–Crippen LogP) is 0.414. The molecule has 0 saturated heterocycles. The molecule has 52 heavy (non-hydrogen) atoms. The molecule has 21 heteroatoms. The van der Waals surface area contributed by atoms with Gasteiger partial charge in [0.15, 0.2) is 0 Å². The van der Waals surface area contributed by atoms with E-state index in [4.69, 9.17) is 44.6 Å². The van der Waals surface area contributed by atoms with Crippen molar-refractivity contribution in [2.45, 2.75) is 27.7 Å². The number of aromatic nitrogens is 1. The van der Waals surface area contributed by atoms with Crippen molar-refractivity contribution in [2.75, 3.05) is 10.6 Å². The lowest BCUT2D eigenvalue weighted by molar-refractivity contribution is 0.101. The Balaban J connectivity index is 1.94. The molecule has 270 valence electrons. The number of rotatable bonds is 12. The van der Waals surface area contributed by atoms with E-state index in [1.54, 1.807) is 64.1 Å². The van der Waals surface area contributed by atoms with Crippen LogP contribution in [-0.4, -0.2) is 63.5 Å². The van der Waals surface area contributed by atoms with Gasteiger partial charge in [-0.15, -0.1) is 0 Å². The fourth-order valence-corrected chi connectivity index (χ4v) is 4.15. The Kier molecular flexibility index (Phi) is 13.1. The molecule has 0 aliphatic heterocycles. The van der Waals surface area contributed by atoms with E-state index in [-0.39, 0.29) is 35.2 Å². The maximum Gasteiger partial charge on any atom is 0.274 e. The van der Waals surface area contributed by atoms with Gasteiger partial charge < -0.3 is 33.6 Å². The van der Waals surface area contributed by atoms with E-state index in [9.17, 15) is 9.59 Å². The quantitative estimate of drug-likeness (QED) is 0.0693. The molecule has 0 aliphatic rings. The monoisotopic (exact) mass is 709 g/mol. The van der Waals surface area contributed by atoms with Crippen LogP contribution in [0.5, 0.6) is 0 Å². The first-order chi connectivity index (χ1) is 24.5. The Labute approximate surface area is 297 Å². The van der Waals surface area contributed by atoms with Crippen LogP contribution in [0.15, 0.2) is 75.0 Å². The first-order valence-electron chi connectivity index (χ1n) is 15.0. The fourth-order valence-electron chi connectivity index (χ4n) is 4.15. The molecule has 1 heterocycles. The molecule has 3 rings (SSSR count). The molecule has 1 aromatic heterocycles. The minimum atomic E-state index is -0.635. The van der Waals surface area contributed by atoms with E-state index in [0.717, 1.165) is 0 Å². The normalized spacial score (nSPS) is 11.9. The van der Waals surface area contributed by atoms with Crippen LogP contribution in [0.25, 0.3) is 0 Å². The highest BCUT2D eigenvalue weighted by Crippen LogP contribution is 2.20. The van der Waals surface area contributed by atoms with Gasteiger partial charge >= 0.3 is 0 Å². The third kappa shape index (κ3) is 11.8. The number of benzene rings is 2. The van der Waals surface area contributed by atoms with Crippen molar-refractivity contribution in [3.05, 3.63) is 88.2 Å². The highest BCUT2D eigenvalue weighted by molar-refractivity contribution is 6.10. The van der Waals surface area contributed by atoms with Gasteiger partial charge in [0.05, 0.1) is 22.8 Å². The molecule has 0 bridgehead atoms. The minimum Gasteiger partial charge on any atom is -0.369 e. The minimum absolute atomic E-state index is 0.0714. The number of hydrogen-bond donors (Lipinski definition) is 14. The summed E-state index contributed by atoms with van der Waals surface area (Å²) in [5.41, 5.74) is 35.3. The lowest BCUT2D eigenvalue weighted by Gasteiger charge is -2.13. The number of hydrazone groups is 4. The molecule has 18 N–H and O–H groups in total. The third-order valence-corrected chi connectivity index (χ3v) is 6.64. The van der Waals surface area contributed by atoms with Crippen molar-refractivity contribution in [3.63, 3.8) is 0 Å². The van der Waals surface area contributed by atoms with Gasteiger partial charge in [0.1, 0.15) is 11.4 Å². The summed E-state index contributed by atoms with van der Waals surface area (Å²) < 4.78 is 0. The van der Waals surface area contributed by atoms with Crippen LogP contribution in [-0.2, 0) is 0 Å². The highest BCUT2D eigenvalue weighted by atomic mass is 16.2. The Hall–Kier alpha value is -7.71. The van der Waals surface area contributed by atoms with E-state index in [2.05, 4.69) is 57.7 Å². The van der Waals surface area contributed by atoms with Crippen molar-refractivity contribution >= 4 is 69.9 Å². The number of guanidine groups is 4. The van der Waals surface area contributed by atoms with Crippen molar-refractivity contribution in [1.82, 2.24) is 26.7 Å². The first kappa shape index (κ1) is 38.7. The smallest absolute Gasteiger partial charge is 0.274 e. The maximum absolute atomic E-state index is 13.4. The number of hydrogen-bond acceptors (Lipinski definition) is 11. The van der Waals surface area contributed by atoms with Gasteiger partial charge in [-0.3, -0.25) is 31.2 Å². The molecule has 21 nitrogen and oxygen atoms in total. The van der Waals surface area contributed by atoms with E-state index >= 15 is 0 Å². The van der Waals surface area contributed by atoms with Crippen LogP contribution in [0.1, 0.15) is 70.9 Å². The van der Waals surface area contributed by atoms with Crippen LogP contribution in [0.4, 0.5) is 11.4 Å². The van der Waals surface area contributed by atoms with Crippen LogP contribution in [0, 0.1) is 21.6 Å². The lowest BCUT2D eigenvalue weighted by Crippen LogP contribution is -2.27. The molecule has 0 aliphatic carbocycles. The number of nitrogens with zero attached hydrogens (tertiary/aromatic N) is 5. The van der Waals surface area contributed by atoms with Crippen LogP contribution >= 0.6 is 0 Å². The average Bonchev–Trinajstić information content (AvgIpc) is 3.10. The first-order valence-corrected chi connectivity index (χ1v) is 15.0. The Morgan fingerprint density at radius 1 is 0.519 bits per heavy atom. The summed E-state index contributed by atoms with van der Waals surface area (Å²) >= 11 is 0. The summed E-state index contributed by atoms with van der Waals surface area (Å²) in [5.74, 6) is -2.74. The Bertz CT molecular complexity index is 1810. The predicted molar refractivity (Wildman–Crippen MR) is 202 cm³/mol. The van der Waals surface area contributed by atoms with E-state index in [1.807, 2.05) is 0 Å². The highest BCUT2D eigenvalue weighted by Gasteiger charge is 2.16. The summed E-state index contributed by atoms with van der Waals surface area (Å²) in [6.45, 7) is 6.66. The molecule has 0 unspecified atom stereocenters. The number of pyridine rings is 1. The summed E-state index contributed by atoms with van der Waals surface area (Å²) in [4.78, 5) is 31.1. The zero-order chi connectivity index (χ0) is 38.5. The fraction of sp³-hybridized carbons (Fsp3) is 0.129. The summed E-state index contributed by atoms with van der Waals surface area (Å²) in [5, 5.41) is 51.3. The lowest BCUT2D eigenvalue weighted by atomic mass is 10.0. The third-order valence-electron chi connectivity index (χ3n) is 6.64. The second-order valence-electron chi connectivity index (χ2n) is 10.8. The molecule has 3 aromatic rings. The van der Waals surface area contributed by atoms with E-state index < -0.39 is 11.8 Å². The molecule has 0 atom stereocenters. The zero-order valence-corrected chi connectivity index (χ0v) is 28.6. The molecule has 0 saturated carbocycles. The summed E-state index contributed by atoms with van der Waals surface area (Å²) in [7, 11) is 0. The zero-order valence-electron chi connectivity index (χ0n) is 28.6. The molecule has 2 amide bonds. The van der Waals surface area contributed by atoms with E-state index in [0.29, 0.717) is 56.5 Å². The molecule has 0 fully saturated rings. The van der Waals surface area contributed by atoms with Gasteiger partial charge in [0.2, 0.25) is 23.8 Å². The molecular formula is C31H39N19O2. The van der Waals surface area contributed by atoms with Gasteiger partial charge in [-0.2, -0.15) is 20.4 Å². The van der Waals surface area contributed by atoms with Crippen molar-refractivity contribution in [3.8, 4) is 0 Å². The second-order valence-corrected chi connectivity index (χ2v) is 10.8. The largest absolute Gasteiger partial charge is 0.369 e. The average molecular weight is 710 g/mol. The van der Waals surface area contributed by atoms with Crippen LogP contribution in [0.2, 0.25) is 0 Å². The number of carbonyl (C=O) groups excluding carboxylic acids is 2. The Morgan fingerprint density at radius 3 is 1.04 bits per heavy atom. The van der Waals surface area contributed by atoms with Crippen molar-refractivity contribution in [1.29, 1.82) is 21.6 Å². The van der Waals surface area contributed by atoms with Crippen LogP contribution in [0.3, 0.4) is 0 Å². The van der Waals surface area contributed by atoms with Gasteiger partial charge in [-0.05, 0) is 76.2 Å². The standard InChI is InChI=1S/C31H39N19O2/c1-14(43-47-28(32)33)18-8-19(15(2)44-48-29(34)35)11-22(10-18)40-26(51)24-6-5-7-25(42-24)27(52)41-23-12-20(16(3)45-49-30(36)37)9-21(13-23)17(4)46-50-31(38)39/h5-13H,1-4H3,(H,40,51)(H,41,52)(H4,32,33,47)(H4,34,35,48)(H4,36,37,49)(H4,38,39,50)/b43-14+,44-15+,45-16+,46-17+. The van der Waals surface area contributed by atoms with Crippen LogP contribution < -0.4 is 55.3 Å². The topological polar surface area (TPSA) is 368 Å². The van der Waals surface area contributed by atoms with Gasteiger partial charge in [-0.1, -0.05) is 6.07 Å². The van der Waals surface area contributed by atoms with Crippen molar-refractivity contribution < 1.29 is 9.59 Å². The van der Waals surface area contributed by atoms with Crippen molar-refractivity contribution in [2.24, 2.45) is 43.3 Å². The number of nitrogens with one attached hydrogen (secondary N) is 10. The van der Waals surface area contributed by atoms with Gasteiger partial charge in [-0.25, -0.2) is 26.7 Å². The number of nitrogens with two attached hydrogens (primary N) is 4. The van der Waals surface area contributed by atoms with Gasteiger partial charge in [0.25, 0.3) is 11.8 Å². The number of anilines is 2. The maximum atomic E-state index is 13.4.